The third-order valence-corrected chi connectivity index (χ3v) is 3.71. The van der Waals surface area contributed by atoms with Gasteiger partial charge in [-0.2, -0.15) is 0 Å². The zero-order chi connectivity index (χ0) is 13.8. The van der Waals surface area contributed by atoms with Crippen molar-refractivity contribution in [1.82, 2.24) is 14.9 Å². The Morgan fingerprint density at radius 1 is 1.58 bits per heavy atom. The first-order valence-corrected chi connectivity index (χ1v) is 7.21. The highest BCUT2D eigenvalue weighted by atomic mass is 32.1. The number of rotatable bonds is 5. The molecule has 102 valence electrons. The summed E-state index contributed by atoms with van der Waals surface area (Å²) in [5, 5.41) is 5.27. The van der Waals surface area contributed by atoms with E-state index < -0.39 is 0 Å². The number of hydrogen-bond acceptors (Lipinski definition) is 4. The quantitative estimate of drug-likeness (QED) is 0.907. The number of aromatic nitrogens is 2. The van der Waals surface area contributed by atoms with Gasteiger partial charge in [-0.25, -0.2) is 4.98 Å². The van der Waals surface area contributed by atoms with Crippen LogP contribution in [0.15, 0.2) is 22.6 Å². The monoisotopic (exact) mass is 279 g/mol. The lowest BCUT2D eigenvalue weighted by Crippen LogP contribution is -2.37. The minimum Gasteiger partial charge on any atom is -0.352 e. The topological polar surface area (TPSA) is 64.0 Å². The minimum atomic E-state index is -0.162. The van der Waals surface area contributed by atoms with Crippen LogP contribution in [0.5, 0.6) is 0 Å². The van der Waals surface area contributed by atoms with Crippen molar-refractivity contribution in [2.75, 3.05) is 0 Å². The molecular weight excluding hydrogens is 262 g/mol. The molecule has 1 N–H and O–H groups in total. The highest BCUT2D eigenvalue weighted by Crippen LogP contribution is 2.13. The Hall–Kier alpha value is -1.69. The van der Waals surface area contributed by atoms with Crippen LogP contribution in [0.1, 0.15) is 26.7 Å². The van der Waals surface area contributed by atoms with Crippen molar-refractivity contribution < 1.29 is 4.79 Å². The molecule has 1 amide bonds. The number of nitrogens with one attached hydrogen (secondary N) is 1. The smallest absolute Gasteiger partial charge is 0.262 e. The van der Waals surface area contributed by atoms with Crippen molar-refractivity contribution in [2.24, 2.45) is 0 Å². The van der Waals surface area contributed by atoms with E-state index in [0.717, 1.165) is 12.8 Å². The molecular formula is C13H17N3O2S. The minimum absolute atomic E-state index is 0.0195. The summed E-state index contributed by atoms with van der Waals surface area (Å²) in [5.41, 5.74) is -0.162. The predicted octanol–water partition coefficient (Wildman–Crippen LogP) is 1.76. The van der Waals surface area contributed by atoms with Crippen LogP contribution in [-0.4, -0.2) is 21.5 Å². The van der Waals surface area contributed by atoms with Crippen LogP contribution in [0.2, 0.25) is 0 Å². The molecule has 0 aliphatic rings. The summed E-state index contributed by atoms with van der Waals surface area (Å²) in [6.45, 7) is 4.05. The molecule has 0 aromatic carbocycles. The van der Waals surface area contributed by atoms with E-state index in [1.165, 1.54) is 22.2 Å². The second-order valence-corrected chi connectivity index (χ2v) is 5.47. The van der Waals surface area contributed by atoms with Crippen LogP contribution >= 0.6 is 11.3 Å². The third kappa shape index (κ3) is 3.20. The standard InChI is InChI=1S/C13H17N3O2S/c1-3-4-9(2)15-11(17)7-16-8-14-12-10(13(16)18)5-6-19-12/h5-6,8-9H,3-4,7H2,1-2H3,(H,15,17)/t9-/m0/s1. The van der Waals surface area contributed by atoms with Crippen LogP contribution in [0, 0.1) is 0 Å². The second-order valence-electron chi connectivity index (χ2n) is 4.57. The SMILES string of the molecule is CCC[C@H](C)NC(=O)Cn1cnc2sccc2c1=O. The van der Waals surface area contributed by atoms with E-state index in [9.17, 15) is 9.59 Å². The van der Waals surface area contributed by atoms with Gasteiger partial charge in [-0.15, -0.1) is 11.3 Å². The van der Waals surface area contributed by atoms with Gasteiger partial charge in [-0.1, -0.05) is 13.3 Å². The van der Waals surface area contributed by atoms with Gasteiger partial charge in [0.2, 0.25) is 5.91 Å². The average molecular weight is 279 g/mol. The van der Waals surface area contributed by atoms with Gasteiger partial charge >= 0.3 is 0 Å². The van der Waals surface area contributed by atoms with Gasteiger partial charge in [-0.05, 0) is 24.8 Å². The molecule has 1 atom stereocenters. The zero-order valence-corrected chi connectivity index (χ0v) is 11.9. The van der Waals surface area contributed by atoms with Crippen molar-refractivity contribution in [2.45, 2.75) is 39.3 Å². The third-order valence-electron chi connectivity index (χ3n) is 2.89. The number of amides is 1. The Labute approximate surface area is 115 Å². The first kappa shape index (κ1) is 13.7. The Kier molecular flexibility index (Phi) is 4.31. The fourth-order valence-corrected chi connectivity index (χ4v) is 2.71. The molecule has 6 heteroatoms. The molecule has 0 aliphatic heterocycles. The van der Waals surface area contributed by atoms with Crippen molar-refractivity contribution >= 4 is 27.5 Å². The molecule has 2 aromatic heterocycles. The fourth-order valence-electron chi connectivity index (χ4n) is 1.99. The lowest BCUT2D eigenvalue weighted by molar-refractivity contribution is -0.122. The van der Waals surface area contributed by atoms with Crippen LogP contribution in [0.4, 0.5) is 0 Å². The van der Waals surface area contributed by atoms with Gasteiger partial charge in [-0.3, -0.25) is 14.2 Å². The molecule has 2 aromatic rings. The molecule has 0 saturated heterocycles. The number of carbonyl (C=O) groups is 1. The number of nitrogens with zero attached hydrogens (tertiary/aromatic N) is 2. The van der Waals surface area contributed by atoms with Crippen LogP contribution in [-0.2, 0) is 11.3 Å². The maximum atomic E-state index is 12.1. The van der Waals surface area contributed by atoms with Gasteiger partial charge in [0.05, 0.1) is 11.7 Å². The molecule has 0 aliphatic carbocycles. The van der Waals surface area contributed by atoms with Crippen LogP contribution < -0.4 is 10.9 Å². The number of fused-ring (bicyclic) bond motifs is 1. The van der Waals surface area contributed by atoms with Gasteiger partial charge in [0.15, 0.2) is 0 Å². The van der Waals surface area contributed by atoms with E-state index >= 15 is 0 Å². The van der Waals surface area contributed by atoms with Gasteiger partial charge < -0.3 is 5.32 Å². The van der Waals surface area contributed by atoms with Crippen molar-refractivity contribution in [3.05, 3.63) is 28.1 Å². The van der Waals surface area contributed by atoms with E-state index in [1.807, 2.05) is 12.3 Å². The second kappa shape index (κ2) is 5.97. The highest BCUT2D eigenvalue weighted by molar-refractivity contribution is 7.16. The highest BCUT2D eigenvalue weighted by Gasteiger charge is 2.10. The van der Waals surface area contributed by atoms with E-state index in [-0.39, 0.29) is 24.1 Å². The lowest BCUT2D eigenvalue weighted by atomic mass is 10.2. The molecule has 0 spiro atoms. The number of carbonyl (C=O) groups excluding carboxylic acids is 1. The lowest BCUT2D eigenvalue weighted by Gasteiger charge is -2.13. The maximum absolute atomic E-state index is 12.1. The molecule has 2 heterocycles. The van der Waals surface area contributed by atoms with Gasteiger partial charge in [0.1, 0.15) is 11.4 Å². The van der Waals surface area contributed by atoms with Crippen molar-refractivity contribution in [1.29, 1.82) is 0 Å². The first-order valence-electron chi connectivity index (χ1n) is 6.33. The Balaban J connectivity index is 2.11. The summed E-state index contributed by atoms with van der Waals surface area (Å²) in [5.74, 6) is -0.153. The van der Waals surface area contributed by atoms with Crippen molar-refractivity contribution in [3.8, 4) is 0 Å². The summed E-state index contributed by atoms with van der Waals surface area (Å²) >= 11 is 1.42. The average Bonchev–Trinajstić information content (AvgIpc) is 2.82. The molecule has 0 fully saturated rings. The first-order chi connectivity index (χ1) is 9.11. The summed E-state index contributed by atoms with van der Waals surface area (Å²) < 4.78 is 1.35. The van der Waals surface area contributed by atoms with E-state index in [4.69, 9.17) is 0 Å². The predicted molar refractivity (Wildman–Crippen MR) is 76.4 cm³/mol. The van der Waals surface area contributed by atoms with Crippen LogP contribution in [0.3, 0.4) is 0 Å². The van der Waals surface area contributed by atoms with Gasteiger partial charge in [0.25, 0.3) is 5.56 Å². The molecule has 0 radical (unpaired) electrons. The zero-order valence-electron chi connectivity index (χ0n) is 11.0. The normalized spacial score (nSPS) is 12.5. The molecule has 0 unspecified atom stereocenters. The largest absolute Gasteiger partial charge is 0.352 e. The Morgan fingerprint density at radius 2 is 2.37 bits per heavy atom. The van der Waals surface area contributed by atoms with E-state index in [2.05, 4.69) is 17.2 Å². The number of hydrogen-bond donors (Lipinski definition) is 1. The Bertz CT molecular complexity index is 632. The molecule has 2 rings (SSSR count). The summed E-state index contributed by atoms with van der Waals surface area (Å²) in [4.78, 5) is 28.8. The molecule has 5 nitrogen and oxygen atoms in total. The molecule has 0 bridgehead atoms. The Morgan fingerprint density at radius 3 is 3.11 bits per heavy atom. The maximum Gasteiger partial charge on any atom is 0.262 e. The van der Waals surface area contributed by atoms with E-state index in [0.29, 0.717) is 10.2 Å². The molecule has 19 heavy (non-hydrogen) atoms. The molecule has 0 saturated carbocycles. The summed E-state index contributed by atoms with van der Waals surface area (Å²) in [6.07, 6.45) is 3.39. The van der Waals surface area contributed by atoms with Crippen molar-refractivity contribution in [3.63, 3.8) is 0 Å². The number of thiophene rings is 1. The van der Waals surface area contributed by atoms with Gasteiger partial charge in [0, 0.05) is 6.04 Å². The van der Waals surface area contributed by atoms with E-state index in [1.54, 1.807) is 6.07 Å². The fraction of sp³-hybridized carbons (Fsp3) is 0.462. The summed E-state index contributed by atoms with van der Waals surface area (Å²) in [7, 11) is 0. The summed E-state index contributed by atoms with van der Waals surface area (Å²) in [6, 6.07) is 1.87. The van der Waals surface area contributed by atoms with Crippen LogP contribution in [0.25, 0.3) is 10.2 Å².